The fourth-order valence-corrected chi connectivity index (χ4v) is 2.94. The van der Waals surface area contributed by atoms with E-state index < -0.39 is 5.97 Å². The number of carbonyl (C=O) groups excluding carboxylic acids is 1. The molecule has 0 aliphatic heterocycles. The van der Waals surface area contributed by atoms with Gasteiger partial charge in [0.1, 0.15) is 0 Å². The van der Waals surface area contributed by atoms with E-state index >= 15 is 0 Å². The summed E-state index contributed by atoms with van der Waals surface area (Å²) in [7, 11) is 1.41. The molecule has 0 rings (SSSR count). The normalized spacial score (nSPS) is 13.0. The molecular weight excluding hydrogens is 308 g/mol. The standard InChI is InChI=1S/C19H38O5/c1-6-10-11-12-13-14-15-17(16-18(20)21-5)19(22-7-2,23-8-3)24-9-4/h17H,6-16H2,1-5H3. The number of methoxy groups -OCH3 is 1. The molecule has 5 heteroatoms. The van der Waals surface area contributed by atoms with Gasteiger partial charge in [0.15, 0.2) is 0 Å². The van der Waals surface area contributed by atoms with Gasteiger partial charge in [-0.15, -0.1) is 0 Å². The first-order valence-corrected chi connectivity index (χ1v) is 9.58. The van der Waals surface area contributed by atoms with Crippen LogP contribution >= 0.6 is 0 Å². The molecule has 0 aromatic heterocycles. The number of esters is 1. The van der Waals surface area contributed by atoms with Gasteiger partial charge in [-0.1, -0.05) is 45.4 Å². The summed E-state index contributed by atoms with van der Waals surface area (Å²) in [6.07, 6.45) is 8.26. The van der Waals surface area contributed by atoms with Crippen LogP contribution in [0.1, 0.15) is 79.1 Å². The Labute approximate surface area is 148 Å². The molecule has 144 valence electrons. The van der Waals surface area contributed by atoms with E-state index in [4.69, 9.17) is 18.9 Å². The average molecular weight is 347 g/mol. The maximum Gasteiger partial charge on any atom is 0.306 e. The van der Waals surface area contributed by atoms with Gasteiger partial charge in [0.2, 0.25) is 0 Å². The third-order valence-electron chi connectivity index (χ3n) is 4.08. The van der Waals surface area contributed by atoms with Crippen LogP contribution in [0.4, 0.5) is 0 Å². The third-order valence-corrected chi connectivity index (χ3v) is 4.08. The number of hydrogen-bond acceptors (Lipinski definition) is 5. The van der Waals surface area contributed by atoms with E-state index in [0.717, 1.165) is 19.3 Å². The van der Waals surface area contributed by atoms with E-state index in [2.05, 4.69) is 6.92 Å². The van der Waals surface area contributed by atoms with Crippen molar-refractivity contribution in [1.82, 2.24) is 0 Å². The number of unbranched alkanes of at least 4 members (excludes halogenated alkanes) is 5. The molecule has 0 amide bonds. The lowest BCUT2D eigenvalue weighted by atomic mass is 9.94. The Morgan fingerprint density at radius 2 is 1.33 bits per heavy atom. The number of hydrogen-bond donors (Lipinski definition) is 0. The second kappa shape index (κ2) is 14.7. The lowest BCUT2D eigenvalue weighted by molar-refractivity contribution is -0.402. The highest BCUT2D eigenvalue weighted by Crippen LogP contribution is 2.33. The van der Waals surface area contributed by atoms with Gasteiger partial charge in [0.25, 0.3) is 5.97 Å². The Kier molecular flexibility index (Phi) is 14.3. The van der Waals surface area contributed by atoms with E-state index in [1.165, 1.54) is 32.8 Å². The highest BCUT2D eigenvalue weighted by Gasteiger charge is 2.43. The molecule has 0 aromatic rings. The quantitative estimate of drug-likeness (QED) is 0.231. The summed E-state index contributed by atoms with van der Waals surface area (Å²) in [4.78, 5) is 11.9. The summed E-state index contributed by atoms with van der Waals surface area (Å²) in [5.41, 5.74) is 0. The Hall–Kier alpha value is -0.650. The molecule has 0 aliphatic carbocycles. The summed E-state index contributed by atoms with van der Waals surface area (Å²) in [5, 5.41) is 0. The average Bonchev–Trinajstić information content (AvgIpc) is 2.57. The topological polar surface area (TPSA) is 54.0 Å². The van der Waals surface area contributed by atoms with Crippen molar-refractivity contribution in [3.63, 3.8) is 0 Å². The van der Waals surface area contributed by atoms with E-state index in [1.54, 1.807) is 0 Å². The molecule has 0 aromatic carbocycles. The molecule has 1 atom stereocenters. The van der Waals surface area contributed by atoms with Gasteiger partial charge in [0.05, 0.1) is 19.4 Å². The summed E-state index contributed by atoms with van der Waals surface area (Å²) >= 11 is 0. The lowest BCUT2D eigenvalue weighted by Gasteiger charge is -2.38. The van der Waals surface area contributed by atoms with Crippen LogP contribution in [0.25, 0.3) is 0 Å². The van der Waals surface area contributed by atoms with Crippen LogP contribution in [0.5, 0.6) is 0 Å². The molecule has 0 saturated heterocycles. The zero-order valence-corrected chi connectivity index (χ0v) is 16.4. The first-order valence-electron chi connectivity index (χ1n) is 9.58. The third kappa shape index (κ3) is 9.00. The molecular formula is C19H38O5. The predicted octanol–water partition coefficient (Wildman–Crippen LogP) is 4.68. The Balaban J connectivity index is 4.90. The molecule has 0 heterocycles. The highest BCUT2D eigenvalue weighted by atomic mass is 16.9. The lowest BCUT2D eigenvalue weighted by Crippen LogP contribution is -2.47. The zero-order valence-electron chi connectivity index (χ0n) is 16.4. The minimum Gasteiger partial charge on any atom is -0.469 e. The Morgan fingerprint density at radius 1 is 0.833 bits per heavy atom. The largest absolute Gasteiger partial charge is 0.469 e. The number of rotatable bonds is 16. The van der Waals surface area contributed by atoms with Crippen molar-refractivity contribution in [2.45, 2.75) is 85.0 Å². The molecule has 0 saturated carbocycles. The van der Waals surface area contributed by atoms with Gasteiger partial charge >= 0.3 is 5.97 Å². The molecule has 0 fully saturated rings. The minimum absolute atomic E-state index is 0.170. The van der Waals surface area contributed by atoms with Crippen LogP contribution < -0.4 is 0 Å². The maximum atomic E-state index is 11.9. The van der Waals surface area contributed by atoms with E-state index in [9.17, 15) is 4.79 Å². The SMILES string of the molecule is CCCCCCCCC(CC(=O)OC)C(OCC)(OCC)OCC. The summed E-state index contributed by atoms with van der Waals surface area (Å²) < 4.78 is 22.4. The summed E-state index contributed by atoms with van der Waals surface area (Å²) in [6, 6.07) is 0. The van der Waals surface area contributed by atoms with Crippen molar-refractivity contribution >= 4 is 5.97 Å². The van der Waals surface area contributed by atoms with E-state index in [0.29, 0.717) is 19.8 Å². The zero-order chi connectivity index (χ0) is 18.3. The maximum absolute atomic E-state index is 11.9. The van der Waals surface area contributed by atoms with Crippen molar-refractivity contribution in [1.29, 1.82) is 0 Å². The molecule has 0 radical (unpaired) electrons. The van der Waals surface area contributed by atoms with Crippen LogP contribution in [0.2, 0.25) is 0 Å². The fraction of sp³-hybridized carbons (Fsp3) is 0.947. The molecule has 0 N–H and O–H groups in total. The summed E-state index contributed by atoms with van der Waals surface area (Å²) in [5.74, 6) is -1.58. The van der Waals surface area contributed by atoms with Gasteiger partial charge in [-0.2, -0.15) is 0 Å². The number of ether oxygens (including phenoxy) is 4. The Bertz CT molecular complexity index is 289. The van der Waals surface area contributed by atoms with Gasteiger partial charge < -0.3 is 18.9 Å². The monoisotopic (exact) mass is 346 g/mol. The van der Waals surface area contributed by atoms with Crippen molar-refractivity contribution in [3.05, 3.63) is 0 Å². The smallest absolute Gasteiger partial charge is 0.306 e. The van der Waals surface area contributed by atoms with Crippen LogP contribution in [-0.2, 0) is 23.7 Å². The minimum atomic E-state index is -1.16. The second-order valence-electron chi connectivity index (χ2n) is 5.94. The molecule has 0 aliphatic rings. The van der Waals surface area contributed by atoms with Crippen LogP contribution in [-0.4, -0.2) is 38.9 Å². The van der Waals surface area contributed by atoms with Crippen molar-refractivity contribution < 1.29 is 23.7 Å². The van der Waals surface area contributed by atoms with Gasteiger partial charge in [0, 0.05) is 19.8 Å². The van der Waals surface area contributed by atoms with E-state index in [1.807, 2.05) is 20.8 Å². The van der Waals surface area contributed by atoms with Crippen molar-refractivity contribution in [3.8, 4) is 0 Å². The van der Waals surface area contributed by atoms with E-state index in [-0.39, 0.29) is 18.3 Å². The van der Waals surface area contributed by atoms with Crippen molar-refractivity contribution in [2.75, 3.05) is 26.9 Å². The molecule has 0 spiro atoms. The first-order chi connectivity index (χ1) is 11.6. The van der Waals surface area contributed by atoms with Crippen LogP contribution in [0.15, 0.2) is 0 Å². The van der Waals surface area contributed by atoms with Gasteiger partial charge in [-0.3, -0.25) is 4.79 Å². The number of carbonyl (C=O) groups is 1. The van der Waals surface area contributed by atoms with Gasteiger partial charge in [-0.25, -0.2) is 0 Å². The molecule has 5 nitrogen and oxygen atoms in total. The first kappa shape index (κ1) is 23.4. The molecule has 1 unspecified atom stereocenters. The fourth-order valence-electron chi connectivity index (χ4n) is 2.94. The highest BCUT2D eigenvalue weighted by molar-refractivity contribution is 5.69. The molecule has 24 heavy (non-hydrogen) atoms. The molecule has 0 bridgehead atoms. The van der Waals surface area contributed by atoms with Crippen molar-refractivity contribution in [2.24, 2.45) is 5.92 Å². The second-order valence-corrected chi connectivity index (χ2v) is 5.94. The van der Waals surface area contributed by atoms with Gasteiger partial charge in [-0.05, 0) is 27.2 Å². The predicted molar refractivity (Wildman–Crippen MR) is 95.7 cm³/mol. The Morgan fingerprint density at radius 3 is 1.79 bits per heavy atom. The summed E-state index contributed by atoms with van der Waals surface area (Å²) in [6.45, 7) is 9.34. The van der Waals surface area contributed by atoms with Crippen LogP contribution in [0.3, 0.4) is 0 Å². The van der Waals surface area contributed by atoms with Crippen LogP contribution in [0, 0.1) is 5.92 Å².